The standard InChI is InChI=1S/C13H13BrN2OS/c1-15-10-5-13(11-6-18-7-16-11)17-12-4-8(14)2-3-9(10)12/h2-4,6-7,10,13,15H,5H2,1H3. The molecule has 0 spiro atoms. The zero-order chi connectivity index (χ0) is 12.5. The van der Waals surface area contributed by atoms with Crippen molar-refractivity contribution in [2.45, 2.75) is 18.6 Å². The molecule has 1 aliphatic rings. The van der Waals surface area contributed by atoms with Crippen molar-refractivity contribution in [3.05, 3.63) is 44.8 Å². The number of ether oxygens (including phenoxy) is 1. The Kier molecular flexibility index (Phi) is 3.37. The van der Waals surface area contributed by atoms with Crippen molar-refractivity contribution in [2.24, 2.45) is 0 Å². The Morgan fingerprint density at radius 3 is 3.11 bits per heavy atom. The van der Waals surface area contributed by atoms with E-state index in [2.05, 4.69) is 43.7 Å². The Morgan fingerprint density at radius 1 is 1.50 bits per heavy atom. The van der Waals surface area contributed by atoms with Gasteiger partial charge in [-0.2, -0.15) is 0 Å². The number of nitrogens with one attached hydrogen (secondary N) is 1. The van der Waals surface area contributed by atoms with Crippen LogP contribution in [0.2, 0.25) is 0 Å². The monoisotopic (exact) mass is 324 g/mol. The van der Waals surface area contributed by atoms with E-state index in [0.29, 0.717) is 6.04 Å². The third kappa shape index (κ3) is 2.18. The average molecular weight is 325 g/mol. The Bertz CT molecular complexity index is 544. The van der Waals surface area contributed by atoms with Gasteiger partial charge in [0.25, 0.3) is 0 Å². The second-order valence-corrected chi connectivity index (χ2v) is 5.91. The quantitative estimate of drug-likeness (QED) is 0.914. The van der Waals surface area contributed by atoms with E-state index >= 15 is 0 Å². The molecular weight excluding hydrogens is 312 g/mol. The van der Waals surface area contributed by atoms with Gasteiger partial charge < -0.3 is 10.1 Å². The highest BCUT2D eigenvalue weighted by Gasteiger charge is 2.29. The third-order valence-corrected chi connectivity index (χ3v) is 4.30. The Balaban J connectivity index is 1.98. The van der Waals surface area contributed by atoms with Crippen LogP contribution in [-0.2, 0) is 0 Å². The summed E-state index contributed by atoms with van der Waals surface area (Å²) >= 11 is 5.09. The minimum Gasteiger partial charge on any atom is -0.484 e. The van der Waals surface area contributed by atoms with Crippen LogP contribution in [0.4, 0.5) is 0 Å². The van der Waals surface area contributed by atoms with E-state index in [1.807, 2.05) is 18.6 Å². The first-order valence-electron chi connectivity index (χ1n) is 5.79. The first-order chi connectivity index (χ1) is 8.78. The zero-order valence-electron chi connectivity index (χ0n) is 9.89. The molecule has 0 radical (unpaired) electrons. The molecule has 1 N–H and O–H groups in total. The summed E-state index contributed by atoms with van der Waals surface area (Å²) in [5.74, 6) is 0.938. The molecule has 5 heteroatoms. The molecule has 3 nitrogen and oxygen atoms in total. The first-order valence-corrected chi connectivity index (χ1v) is 7.53. The van der Waals surface area contributed by atoms with Gasteiger partial charge in [-0.15, -0.1) is 11.3 Å². The molecule has 1 aliphatic heterocycles. The van der Waals surface area contributed by atoms with Crippen molar-refractivity contribution in [1.29, 1.82) is 0 Å². The number of rotatable bonds is 2. The van der Waals surface area contributed by atoms with Crippen LogP contribution >= 0.6 is 27.3 Å². The number of halogens is 1. The second-order valence-electron chi connectivity index (χ2n) is 4.28. The molecule has 0 amide bonds. The molecule has 0 bridgehead atoms. The van der Waals surface area contributed by atoms with Crippen molar-refractivity contribution in [3.63, 3.8) is 0 Å². The van der Waals surface area contributed by atoms with Gasteiger partial charge in [-0.25, -0.2) is 4.98 Å². The van der Waals surface area contributed by atoms with E-state index in [9.17, 15) is 0 Å². The zero-order valence-corrected chi connectivity index (χ0v) is 12.3. The number of nitrogens with zero attached hydrogens (tertiary/aromatic N) is 1. The van der Waals surface area contributed by atoms with Gasteiger partial charge in [0.1, 0.15) is 11.9 Å². The maximum atomic E-state index is 6.06. The molecular formula is C13H13BrN2OS. The molecule has 1 aromatic carbocycles. The molecule has 1 aromatic heterocycles. The van der Waals surface area contributed by atoms with Gasteiger partial charge in [-0.1, -0.05) is 22.0 Å². The summed E-state index contributed by atoms with van der Waals surface area (Å²) in [5, 5.41) is 5.41. The van der Waals surface area contributed by atoms with Gasteiger partial charge in [0, 0.05) is 27.9 Å². The van der Waals surface area contributed by atoms with Crippen LogP contribution in [0.3, 0.4) is 0 Å². The summed E-state index contributed by atoms with van der Waals surface area (Å²) in [6, 6.07) is 6.50. The van der Waals surface area contributed by atoms with Gasteiger partial charge in [0.2, 0.25) is 0 Å². The highest BCUT2D eigenvalue weighted by Crippen LogP contribution is 2.41. The Hall–Kier alpha value is -0.910. The lowest BCUT2D eigenvalue weighted by Crippen LogP contribution is -2.26. The fourth-order valence-electron chi connectivity index (χ4n) is 2.28. The van der Waals surface area contributed by atoms with Crippen molar-refractivity contribution in [3.8, 4) is 5.75 Å². The molecule has 2 atom stereocenters. The molecule has 94 valence electrons. The van der Waals surface area contributed by atoms with Crippen molar-refractivity contribution >= 4 is 27.3 Å². The lowest BCUT2D eigenvalue weighted by atomic mass is 9.95. The first kappa shape index (κ1) is 12.1. The molecule has 2 unspecified atom stereocenters. The van der Waals surface area contributed by atoms with Crippen LogP contribution in [0.5, 0.6) is 5.75 Å². The minimum absolute atomic E-state index is 0.0375. The van der Waals surface area contributed by atoms with E-state index in [1.54, 1.807) is 11.3 Å². The Morgan fingerprint density at radius 2 is 2.39 bits per heavy atom. The van der Waals surface area contributed by atoms with Crippen molar-refractivity contribution < 1.29 is 4.74 Å². The molecule has 2 heterocycles. The fraction of sp³-hybridized carbons (Fsp3) is 0.308. The predicted molar refractivity (Wildman–Crippen MR) is 76.0 cm³/mol. The van der Waals surface area contributed by atoms with E-state index < -0.39 is 0 Å². The summed E-state index contributed by atoms with van der Waals surface area (Å²) in [5.41, 5.74) is 4.09. The van der Waals surface area contributed by atoms with Crippen LogP contribution in [0, 0.1) is 0 Å². The van der Waals surface area contributed by atoms with Crippen LogP contribution in [-0.4, -0.2) is 12.0 Å². The van der Waals surface area contributed by atoms with Crippen LogP contribution in [0.25, 0.3) is 0 Å². The summed E-state index contributed by atoms with van der Waals surface area (Å²) in [4.78, 5) is 4.36. The van der Waals surface area contributed by atoms with Crippen molar-refractivity contribution in [2.75, 3.05) is 7.05 Å². The molecule has 3 rings (SSSR count). The van der Waals surface area contributed by atoms with Gasteiger partial charge in [0.15, 0.2) is 0 Å². The predicted octanol–water partition coefficient (Wildman–Crippen LogP) is 3.69. The largest absolute Gasteiger partial charge is 0.484 e. The molecule has 18 heavy (non-hydrogen) atoms. The number of benzene rings is 1. The highest BCUT2D eigenvalue weighted by molar-refractivity contribution is 9.10. The maximum absolute atomic E-state index is 6.06. The minimum atomic E-state index is 0.0375. The van der Waals surface area contributed by atoms with Gasteiger partial charge in [0.05, 0.1) is 11.2 Å². The lowest BCUT2D eigenvalue weighted by molar-refractivity contribution is 0.150. The number of fused-ring (bicyclic) bond motifs is 1. The average Bonchev–Trinajstić information content (AvgIpc) is 2.90. The molecule has 0 saturated heterocycles. The summed E-state index contributed by atoms with van der Waals surface area (Å²) < 4.78 is 7.10. The van der Waals surface area contributed by atoms with E-state index in [1.165, 1.54) is 5.56 Å². The smallest absolute Gasteiger partial charge is 0.143 e. The van der Waals surface area contributed by atoms with E-state index in [-0.39, 0.29) is 6.10 Å². The lowest BCUT2D eigenvalue weighted by Gasteiger charge is -2.31. The summed E-state index contributed by atoms with van der Waals surface area (Å²) in [7, 11) is 1.99. The van der Waals surface area contributed by atoms with Crippen LogP contribution in [0.1, 0.15) is 29.8 Å². The molecule has 0 fully saturated rings. The molecule has 0 aliphatic carbocycles. The summed E-state index contributed by atoms with van der Waals surface area (Å²) in [6.45, 7) is 0. The SMILES string of the molecule is CNC1CC(c2cscn2)Oc2cc(Br)ccc21. The maximum Gasteiger partial charge on any atom is 0.143 e. The second kappa shape index (κ2) is 4.99. The number of thiazole rings is 1. The number of hydrogen-bond acceptors (Lipinski definition) is 4. The molecule has 0 saturated carbocycles. The normalized spacial score (nSPS) is 22.3. The van der Waals surface area contributed by atoms with E-state index in [0.717, 1.165) is 22.3 Å². The van der Waals surface area contributed by atoms with Crippen molar-refractivity contribution in [1.82, 2.24) is 10.3 Å². The van der Waals surface area contributed by atoms with Crippen LogP contribution in [0.15, 0.2) is 33.6 Å². The number of hydrogen-bond donors (Lipinski definition) is 1. The molecule has 2 aromatic rings. The topological polar surface area (TPSA) is 34.2 Å². The van der Waals surface area contributed by atoms with Crippen LogP contribution < -0.4 is 10.1 Å². The van der Waals surface area contributed by atoms with Gasteiger partial charge >= 0.3 is 0 Å². The van der Waals surface area contributed by atoms with E-state index in [4.69, 9.17) is 4.74 Å². The third-order valence-electron chi connectivity index (χ3n) is 3.20. The summed E-state index contributed by atoms with van der Waals surface area (Å²) in [6.07, 6.45) is 0.949. The van der Waals surface area contributed by atoms with Gasteiger partial charge in [-0.05, 0) is 19.2 Å². The fourth-order valence-corrected chi connectivity index (χ4v) is 3.21. The Labute approximate surface area is 118 Å². The number of aromatic nitrogens is 1. The highest BCUT2D eigenvalue weighted by atomic mass is 79.9. The van der Waals surface area contributed by atoms with Gasteiger partial charge in [-0.3, -0.25) is 0 Å².